The van der Waals surface area contributed by atoms with Gasteiger partial charge in [-0.2, -0.15) is 0 Å². The predicted octanol–water partition coefficient (Wildman–Crippen LogP) is 3.94. The van der Waals surface area contributed by atoms with Crippen LogP contribution in [0.1, 0.15) is 20.8 Å². The minimum absolute atomic E-state index is 0.107. The van der Waals surface area contributed by atoms with Crippen molar-refractivity contribution in [2.75, 3.05) is 4.90 Å². The van der Waals surface area contributed by atoms with Crippen molar-refractivity contribution >= 4 is 27.5 Å². The van der Waals surface area contributed by atoms with Crippen molar-refractivity contribution in [1.82, 2.24) is 0 Å². The van der Waals surface area contributed by atoms with E-state index in [1.807, 2.05) is 0 Å². The lowest BCUT2D eigenvalue weighted by Crippen LogP contribution is -2.36. The highest BCUT2D eigenvalue weighted by Crippen LogP contribution is 2.28. The summed E-state index contributed by atoms with van der Waals surface area (Å²) in [6, 6.07) is 2.20. The quantitative estimate of drug-likeness (QED) is 0.648. The van der Waals surface area contributed by atoms with Crippen molar-refractivity contribution in [1.29, 1.82) is 5.41 Å². The van der Waals surface area contributed by atoms with Crippen LogP contribution in [0.5, 0.6) is 0 Å². The van der Waals surface area contributed by atoms with Crippen molar-refractivity contribution < 1.29 is 8.78 Å². The van der Waals surface area contributed by atoms with Crippen LogP contribution in [0.25, 0.3) is 0 Å². The third kappa shape index (κ3) is 2.58. The van der Waals surface area contributed by atoms with Gasteiger partial charge in [0.05, 0.1) is 5.84 Å². The molecule has 16 heavy (non-hydrogen) atoms. The average Bonchev–Trinajstić information content (AvgIpc) is 2.09. The molecule has 1 N–H and O–H groups in total. The van der Waals surface area contributed by atoms with Crippen molar-refractivity contribution in [3.05, 3.63) is 28.2 Å². The molecule has 88 valence electrons. The van der Waals surface area contributed by atoms with Crippen LogP contribution >= 0.6 is 15.9 Å². The average molecular weight is 291 g/mol. The van der Waals surface area contributed by atoms with E-state index in [4.69, 9.17) is 5.41 Å². The number of hydrogen-bond donors (Lipinski definition) is 1. The van der Waals surface area contributed by atoms with Gasteiger partial charge >= 0.3 is 0 Å². The van der Waals surface area contributed by atoms with E-state index in [9.17, 15) is 8.78 Å². The largest absolute Gasteiger partial charge is 0.323 e. The molecule has 1 rings (SSSR count). The molecule has 2 nitrogen and oxygen atoms in total. The van der Waals surface area contributed by atoms with Crippen LogP contribution in [-0.2, 0) is 0 Å². The van der Waals surface area contributed by atoms with Crippen LogP contribution in [0.3, 0.4) is 0 Å². The predicted molar refractivity (Wildman–Crippen MR) is 65.1 cm³/mol. The number of hydrogen-bond acceptors (Lipinski definition) is 1. The van der Waals surface area contributed by atoms with E-state index in [1.54, 1.807) is 13.8 Å². The number of benzene rings is 1. The molecule has 0 aromatic heterocycles. The number of halogens is 3. The summed E-state index contributed by atoms with van der Waals surface area (Å²) in [4.78, 5) is 1.32. The standard InChI is InChI=1S/C11H13BrF2N2/c1-6(2)16(7(3)15)11-9(13)4-8(12)5-10(11)14/h4-6,15H,1-3H3. The zero-order valence-corrected chi connectivity index (χ0v) is 10.9. The summed E-state index contributed by atoms with van der Waals surface area (Å²) in [5.41, 5.74) is -0.175. The van der Waals surface area contributed by atoms with Crippen LogP contribution in [0.15, 0.2) is 16.6 Å². The Kier molecular flexibility index (Phi) is 4.02. The Bertz CT molecular complexity index is 395. The van der Waals surface area contributed by atoms with Gasteiger partial charge in [0.1, 0.15) is 5.69 Å². The summed E-state index contributed by atoms with van der Waals surface area (Å²) in [6.07, 6.45) is 0. The molecule has 0 aliphatic rings. The molecule has 0 spiro atoms. The lowest BCUT2D eigenvalue weighted by atomic mass is 10.2. The molecule has 0 radical (unpaired) electrons. The first-order valence-electron chi connectivity index (χ1n) is 4.83. The fourth-order valence-corrected chi connectivity index (χ4v) is 1.98. The zero-order chi connectivity index (χ0) is 12.5. The molecular weight excluding hydrogens is 278 g/mol. The first-order chi connectivity index (χ1) is 7.34. The van der Waals surface area contributed by atoms with Gasteiger partial charge in [-0.05, 0) is 32.9 Å². The maximum absolute atomic E-state index is 13.7. The van der Waals surface area contributed by atoms with Crippen molar-refractivity contribution in [3.8, 4) is 0 Å². The molecule has 0 aliphatic carbocycles. The van der Waals surface area contributed by atoms with E-state index < -0.39 is 11.6 Å². The second kappa shape index (κ2) is 4.91. The summed E-state index contributed by atoms with van der Waals surface area (Å²) in [6.45, 7) is 5.05. The van der Waals surface area contributed by atoms with Crippen LogP contribution in [-0.4, -0.2) is 11.9 Å². The minimum Gasteiger partial charge on any atom is -0.323 e. The first-order valence-corrected chi connectivity index (χ1v) is 5.62. The topological polar surface area (TPSA) is 27.1 Å². The van der Waals surface area contributed by atoms with Gasteiger partial charge in [-0.15, -0.1) is 0 Å². The lowest BCUT2D eigenvalue weighted by Gasteiger charge is -2.28. The number of anilines is 1. The molecule has 0 atom stereocenters. The first kappa shape index (κ1) is 13.1. The fraction of sp³-hybridized carbons (Fsp3) is 0.364. The Morgan fingerprint density at radius 3 is 2.06 bits per heavy atom. The molecule has 0 heterocycles. The van der Waals surface area contributed by atoms with Crippen molar-refractivity contribution in [2.24, 2.45) is 0 Å². The van der Waals surface area contributed by atoms with Gasteiger partial charge in [-0.25, -0.2) is 8.78 Å². The number of nitrogens with one attached hydrogen (secondary N) is 1. The Hall–Kier alpha value is -0.970. The van der Waals surface area contributed by atoms with Gasteiger partial charge < -0.3 is 4.90 Å². The lowest BCUT2D eigenvalue weighted by molar-refractivity contribution is 0.573. The summed E-state index contributed by atoms with van der Waals surface area (Å²) < 4.78 is 27.7. The third-order valence-corrected chi connectivity index (χ3v) is 2.56. The summed E-state index contributed by atoms with van der Waals surface area (Å²) >= 11 is 3.02. The van der Waals surface area contributed by atoms with Crippen LogP contribution in [0, 0.1) is 17.0 Å². The van der Waals surface area contributed by atoms with E-state index in [-0.39, 0.29) is 17.6 Å². The fourth-order valence-electron chi connectivity index (χ4n) is 1.58. The molecule has 5 heteroatoms. The molecule has 0 saturated carbocycles. The summed E-state index contributed by atoms with van der Waals surface area (Å²) in [5, 5.41) is 7.55. The van der Waals surface area contributed by atoms with Crippen LogP contribution in [0.4, 0.5) is 14.5 Å². The SMILES string of the molecule is CC(=N)N(c1c(F)cc(Br)cc1F)C(C)C. The molecule has 0 fully saturated rings. The Morgan fingerprint density at radius 1 is 1.31 bits per heavy atom. The molecular formula is C11H13BrF2N2. The highest BCUT2D eigenvalue weighted by Gasteiger charge is 2.21. The van der Waals surface area contributed by atoms with Gasteiger partial charge in [-0.3, -0.25) is 5.41 Å². The van der Waals surface area contributed by atoms with Gasteiger partial charge in [0.25, 0.3) is 0 Å². The molecule has 0 unspecified atom stereocenters. The molecule has 0 bridgehead atoms. The van der Waals surface area contributed by atoms with Gasteiger partial charge in [-0.1, -0.05) is 15.9 Å². The monoisotopic (exact) mass is 290 g/mol. The number of amidine groups is 1. The molecule has 0 saturated heterocycles. The smallest absolute Gasteiger partial charge is 0.151 e. The van der Waals surface area contributed by atoms with Gasteiger partial charge in [0.2, 0.25) is 0 Å². The van der Waals surface area contributed by atoms with Gasteiger partial charge in [0, 0.05) is 10.5 Å². The van der Waals surface area contributed by atoms with E-state index >= 15 is 0 Å². The van der Waals surface area contributed by atoms with Crippen LogP contribution in [0.2, 0.25) is 0 Å². The third-order valence-electron chi connectivity index (χ3n) is 2.10. The van der Waals surface area contributed by atoms with Crippen molar-refractivity contribution in [2.45, 2.75) is 26.8 Å². The van der Waals surface area contributed by atoms with E-state index in [0.717, 1.165) is 0 Å². The Balaban J connectivity index is 3.35. The minimum atomic E-state index is -0.674. The summed E-state index contributed by atoms with van der Waals surface area (Å²) in [5.74, 6) is -1.24. The highest BCUT2D eigenvalue weighted by atomic mass is 79.9. The Labute approximate surface area is 102 Å². The summed E-state index contributed by atoms with van der Waals surface area (Å²) in [7, 11) is 0. The normalized spacial score (nSPS) is 10.7. The second-order valence-electron chi connectivity index (χ2n) is 3.77. The van der Waals surface area contributed by atoms with Gasteiger partial charge in [0.15, 0.2) is 11.6 Å². The molecule has 1 aromatic rings. The maximum atomic E-state index is 13.7. The van der Waals surface area contributed by atoms with E-state index in [0.29, 0.717) is 4.47 Å². The van der Waals surface area contributed by atoms with E-state index in [2.05, 4.69) is 15.9 Å². The maximum Gasteiger partial charge on any atom is 0.151 e. The molecule has 0 aliphatic heterocycles. The zero-order valence-electron chi connectivity index (χ0n) is 9.31. The van der Waals surface area contributed by atoms with Crippen molar-refractivity contribution in [3.63, 3.8) is 0 Å². The Morgan fingerprint density at radius 2 is 1.75 bits per heavy atom. The highest BCUT2D eigenvalue weighted by molar-refractivity contribution is 9.10. The number of rotatable bonds is 2. The molecule has 0 amide bonds. The van der Waals surface area contributed by atoms with E-state index in [1.165, 1.54) is 24.0 Å². The second-order valence-corrected chi connectivity index (χ2v) is 4.68. The van der Waals surface area contributed by atoms with Crippen LogP contribution < -0.4 is 4.90 Å². The number of nitrogens with zero attached hydrogens (tertiary/aromatic N) is 1. The molecule has 1 aromatic carbocycles.